The molecule has 0 radical (unpaired) electrons. The lowest BCUT2D eigenvalue weighted by atomic mass is 10.1. The molecule has 0 unspecified atom stereocenters. The van der Waals surface area contributed by atoms with Gasteiger partial charge in [0.05, 0.1) is 6.33 Å². The zero-order valence-electron chi connectivity index (χ0n) is 10.9. The molecule has 0 saturated carbocycles. The van der Waals surface area contributed by atoms with E-state index in [0.29, 0.717) is 17.0 Å². The van der Waals surface area contributed by atoms with Crippen molar-refractivity contribution in [1.82, 2.24) is 19.5 Å². The minimum Gasteiger partial charge on any atom is -0.310 e. The Morgan fingerprint density at radius 2 is 2.00 bits per heavy atom. The number of hydrogen-bond donors (Lipinski definition) is 1. The van der Waals surface area contributed by atoms with E-state index in [-0.39, 0.29) is 17.0 Å². The van der Waals surface area contributed by atoms with Gasteiger partial charge in [-0.2, -0.15) is 0 Å². The third-order valence-electron chi connectivity index (χ3n) is 2.69. The highest BCUT2D eigenvalue weighted by molar-refractivity contribution is 5.69. The van der Waals surface area contributed by atoms with E-state index in [9.17, 15) is 4.79 Å². The Labute approximate surface area is 99.9 Å². The number of imidazole rings is 1. The summed E-state index contributed by atoms with van der Waals surface area (Å²) in [5.74, 6) is 0.893. The Hall–Kier alpha value is -1.65. The second-order valence-electron chi connectivity index (χ2n) is 5.56. The highest BCUT2D eigenvalue weighted by Crippen LogP contribution is 2.19. The van der Waals surface area contributed by atoms with Crippen LogP contribution in [0, 0.1) is 0 Å². The van der Waals surface area contributed by atoms with Gasteiger partial charge in [0, 0.05) is 11.5 Å². The van der Waals surface area contributed by atoms with E-state index in [1.165, 1.54) is 0 Å². The number of nitrogens with zero attached hydrogens (tertiary/aromatic N) is 3. The van der Waals surface area contributed by atoms with Crippen LogP contribution in [0.25, 0.3) is 11.2 Å². The van der Waals surface area contributed by atoms with Crippen LogP contribution < -0.4 is 5.56 Å². The molecule has 0 bridgehead atoms. The Bertz CT molecular complexity index is 601. The quantitative estimate of drug-likeness (QED) is 0.820. The highest BCUT2D eigenvalue weighted by Gasteiger charge is 2.19. The van der Waals surface area contributed by atoms with E-state index in [4.69, 9.17) is 0 Å². The van der Waals surface area contributed by atoms with Crippen LogP contribution in [0.3, 0.4) is 0 Å². The van der Waals surface area contributed by atoms with Gasteiger partial charge in [0.25, 0.3) is 5.56 Å². The van der Waals surface area contributed by atoms with Gasteiger partial charge in [-0.3, -0.25) is 4.79 Å². The second-order valence-corrected chi connectivity index (χ2v) is 5.56. The van der Waals surface area contributed by atoms with Crippen molar-refractivity contribution in [3.63, 3.8) is 0 Å². The van der Waals surface area contributed by atoms with Gasteiger partial charge >= 0.3 is 0 Å². The van der Waals surface area contributed by atoms with Gasteiger partial charge in [-0.1, -0.05) is 13.8 Å². The average Bonchev–Trinajstić information content (AvgIpc) is 2.60. The zero-order valence-corrected chi connectivity index (χ0v) is 10.9. The summed E-state index contributed by atoms with van der Waals surface area (Å²) in [5.41, 5.74) is 0.764. The molecule has 1 N–H and O–H groups in total. The van der Waals surface area contributed by atoms with Crippen LogP contribution in [0.1, 0.15) is 46.4 Å². The molecule has 0 aliphatic rings. The summed E-state index contributed by atoms with van der Waals surface area (Å²) in [5, 5.41) is 0. The van der Waals surface area contributed by atoms with Crippen molar-refractivity contribution < 1.29 is 0 Å². The fraction of sp³-hybridized carbons (Fsp3) is 0.583. The van der Waals surface area contributed by atoms with Gasteiger partial charge in [-0.25, -0.2) is 9.97 Å². The smallest absolute Gasteiger partial charge is 0.279 e. The van der Waals surface area contributed by atoms with Crippen molar-refractivity contribution in [2.24, 2.45) is 0 Å². The summed E-state index contributed by atoms with van der Waals surface area (Å²) >= 11 is 0. The van der Waals surface area contributed by atoms with Gasteiger partial charge < -0.3 is 9.55 Å². The maximum absolute atomic E-state index is 11.9. The maximum atomic E-state index is 11.9. The molecule has 0 aliphatic heterocycles. The first kappa shape index (κ1) is 11.8. The van der Waals surface area contributed by atoms with Crippen molar-refractivity contribution in [3.8, 4) is 0 Å². The molecular formula is C12H18N4O. The van der Waals surface area contributed by atoms with Crippen LogP contribution in [0.5, 0.6) is 0 Å². The zero-order chi connectivity index (χ0) is 12.8. The van der Waals surface area contributed by atoms with Crippen molar-refractivity contribution in [3.05, 3.63) is 22.5 Å². The molecule has 0 spiro atoms. The monoisotopic (exact) mass is 234 g/mol. The van der Waals surface area contributed by atoms with Crippen molar-refractivity contribution in [1.29, 1.82) is 0 Å². The minimum atomic E-state index is -0.165. The first-order chi connectivity index (χ1) is 7.80. The van der Waals surface area contributed by atoms with E-state index in [2.05, 4.69) is 35.7 Å². The molecule has 0 saturated heterocycles. The van der Waals surface area contributed by atoms with Crippen LogP contribution in [0.2, 0.25) is 0 Å². The van der Waals surface area contributed by atoms with Crippen LogP contribution in [-0.4, -0.2) is 19.5 Å². The fourth-order valence-electron chi connectivity index (χ4n) is 1.69. The number of aromatic nitrogens is 4. The molecule has 0 aromatic carbocycles. The summed E-state index contributed by atoms with van der Waals surface area (Å²) in [4.78, 5) is 23.3. The molecule has 2 heterocycles. The second kappa shape index (κ2) is 3.68. The molecular weight excluding hydrogens is 216 g/mol. The van der Waals surface area contributed by atoms with E-state index in [0.717, 1.165) is 0 Å². The molecule has 0 fully saturated rings. The van der Waals surface area contributed by atoms with Crippen molar-refractivity contribution >= 4 is 11.2 Å². The largest absolute Gasteiger partial charge is 0.310 e. The standard InChI is InChI=1S/C12H18N4O/c1-7(2)9-14-10-8(11(17)15-9)13-6-16(10)12(3,4)5/h6-7H,1-5H3,(H,14,15,17). The van der Waals surface area contributed by atoms with E-state index in [1.54, 1.807) is 6.33 Å². The van der Waals surface area contributed by atoms with Gasteiger partial charge in [0.15, 0.2) is 11.2 Å². The van der Waals surface area contributed by atoms with E-state index >= 15 is 0 Å². The van der Waals surface area contributed by atoms with Gasteiger partial charge in [0.1, 0.15) is 5.82 Å². The summed E-state index contributed by atoms with van der Waals surface area (Å²) in [6, 6.07) is 0. The Kier molecular flexibility index (Phi) is 2.56. The Morgan fingerprint density at radius 1 is 1.35 bits per heavy atom. The van der Waals surface area contributed by atoms with Crippen molar-refractivity contribution in [2.45, 2.75) is 46.1 Å². The van der Waals surface area contributed by atoms with Gasteiger partial charge in [0.2, 0.25) is 0 Å². The molecule has 5 nitrogen and oxygen atoms in total. The summed E-state index contributed by atoms with van der Waals surface area (Å²) in [7, 11) is 0. The third-order valence-corrected chi connectivity index (χ3v) is 2.69. The number of H-pyrrole nitrogens is 1. The lowest BCUT2D eigenvalue weighted by molar-refractivity contribution is 0.405. The Balaban J connectivity index is 2.79. The molecule has 0 aliphatic carbocycles. The number of fused-ring (bicyclic) bond motifs is 1. The molecule has 0 atom stereocenters. The third kappa shape index (κ3) is 1.97. The SMILES string of the molecule is CC(C)c1nc2c(ncn2C(C)(C)C)c(=O)[nH]1. The lowest BCUT2D eigenvalue weighted by Crippen LogP contribution is -2.22. The first-order valence-corrected chi connectivity index (χ1v) is 5.78. The number of hydrogen-bond acceptors (Lipinski definition) is 3. The predicted octanol–water partition coefficient (Wildman–Crippen LogP) is 2.00. The van der Waals surface area contributed by atoms with Crippen LogP contribution in [0.4, 0.5) is 0 Å². The molecule has 17 heavy (non-hydrogen) atoms. The average molecular weight is 234 g/mol. The Morgan fingerprint density at radius 3 is 2.53 bits per heavy atom. The normalized spacial score (nSPS) is 12.6. The van der Waals surface area contributed by atoms with Crippen LogP contribution in [0.15, 0.2) is 11.1 Å². The lowest BCUT2D eigenvalue weighted by Gasteiger charge is -2.21. The molecule has 92 valence electrons. The molecule has 0 amide bonds. The summed E-state index contributed by atoms with van der Waals surface area (Å²) in [6.07, 6.45) is 1.68. The van der Waals surface area contributed by atoms with E-state index < -0.39 is 0 Å². The molecule has 5 heteroatoms. The number of rotatable bonds is 1. The predicted molar refractivity (Wildman–Crippen MR) is 67.2 cm³/mol. The van der Waals surface area contributed by atoms with Crippen LogP contribution in [-0.2, 0) is 5.54 Å². The number of aromatic amines is 1. The summed E-state index contributed by atoms with van der Waals surface area (Å²) in [6.45, 7) is 10.2. The van der Waals surface area contributed by atoms with E-state index in [1.807, 2.05) is 18.4 Å². The number of nitrogens with one attached hydrogen (secondary N) is 1. The van der Waals surface area contributed by atoms with Gasteiger partial charge in [-0.05, 0) is 20.8 Å². The minimum absolute atomic E-state index is 0.135. The van der Waals surface area contributed by atoms with Gasteiger partial charge in [-0.15, -0.1) is 0 Å². The maximum Gasteiger partial charge on any atom is 0.279 e. The molecule has 2 rings (SSSR count). The summed E-state index contributed by atoms with van der Waals surface area (Å²) < 4.78 is 1.93. The first-order valence-electron chi connectivity index (χ1n) is 5.78. The fourth-order valence-corrected chi connectivity index (χ4v) is 1.69. The van der Waals surface area contributed by atoms with Crippen LogP contribution >= 0.6 is 0 Å². The highest BCUT2D eigenvalue weighted by atomic mass is 16.1. The van der Waals surface area contributed by atoms with Crippen molar-refractivity contribution in [2.75, 3.05) is 0 Å². The topological polar surface area (TPSA) is 63.6 Å². The molecule has 2 aromatic rings. The molecule has 2 aromatic heterocycles.